The zero-order valence-corrected chi connectivity index (χ0v) is 31.7. The maximum atomic E-state index is 2.44. The van der Waals surface area contributed by atoms with Gasteiger partial charge in [-0.2, -0.15) is 0 Å². The van der Waals surface area contributed by atoms with Crippen molar-refractivity contribution < 1.29 is 0 Å². The summed E-state index contributed by atoms with van der Waals surface area (Å²) < 4.78 is 4.86. The number of benzene rings is 9. The summed E-state index contributed by atoms with van der Waals surface area (Å²) in [5.41, 5.74) is 13.6. The number of nitrogens with zero attached hydrogens (tertiary/aromatic N) is 4. The summed E-state index contributed by atoms with van der Waals surface area (Å²) in [6, 6.07) is 82.6. The zero-order chi connectivity index (χ0) is 38.4. The molecule has 0 aliphatic rings. The van der Waals surface area contributed by atoms with Gasteiger partial charge >= 0.3 is 0 Å². The van der Waals surface area contributed by atoms with Crippen molar-refractivity contribution >= 4 is 77.7 Å². The summed E-state index contributed by atoms with van der Waals surface area (Å²) in [5, 5.41) is 4.99. The van der Waals surface area contributed by atoms with Crippen LogP contribution < -0.4 is 9.80 Å². The third kappa shape index (κ3) is 5.54. The molecule has 4 nitrogen and oxygen atoms in total. The van der Waals surface area contributed by atoms with Gasteiger partial charge in [0, 0.05) is 67.0 Å². The highest BCUT2D eigenvalue weighted by molar-refractivity contribution is 6.26. The van der Waals surface area contributed by atoms with E-state index in [0.29, 0.717) is 0 Å². The van der Waals surface area contributed by atoms with Crippen molar-refractivity contribution in [1.82, 2.24) is 9.13 Å². The fraction of sp³-hybridized carbons (Fsp3) is 0. The second-order valence-corrected chi connectivity index (χ2v) is 14.6. The molecule has 9 aromatic carbocycles. The monoisotopic (exact) mass is 742 g/mol. The molecule has 2 aromatic heterocycles. The molecule has 0 aliphatic heterocycles. The van der Waals surface area contributed by atoms with Crippen LogP contribution in [0.4, 0.5) is 34.1 Å². The number of fused-ring (bicyclic) bond motifs is 7. The fourth-order valence-corrected chi connectivity index (χ4v) is 8.78. The van der Waals surface area contributed by atoms with Gasteiger partial charge < -0.3 is 18.9 Å². The van der Waals surface area contributed by atoms with Gasteiger partial charge in [-0.1, -0.05) is 121 Å². The second kappa shape index (κ2) is 14.0. The second-order valence-electron chi connectivity index (χ2n) is 14.6. The van der Waals surface area contributed by atoms with E-state index in [1.807, 2.05) is 0 Å². The number of rotatable bonds is 8. The summed E-state index contributed by atoms with van der Waals surface area (Å²) in [7, 11) is 0. The van der Waals surface area contributed by atoms with Crippen LogP contribution in [-0.2, 0) is 0 Å². The molecule has 0 radical (unpaired) electrons. The lowest BCUT2D eigenvalue weighted by Crippen LogP contribution is -2.13. The summed E-state index contributed by atoms with van der Waals surface area (Å²) in [4.78, 5) is 4.65. The fourth-order valence-electron chi connectivity index (χ4n) is 8.78. The molecule has 274 valence electrons. The van der Waals surface area contributed by atoms with Gasteiger partial charge in [0.15, 0.2) is 0 Å². The first-order valence-corrected chi connectivity index (χ1v) is 19.8. The van der Waals surface area contributed by atoms with Gasteiger partial charge in [0.1, 0.15) is 0 Å². The van der Waals surface area contributed by atoms with E-state index in [0.717, 1.165) is 45.5 Å². The zero-order valence-electron chi connectivity index (χ0n) is 31.7. The summed E-state index contributed by atoms with van der Waals surface area (Å²) in [6.45, 7) is 0. The quantitative estimate of drug-likeness (QED) is 0.154. The van der Waals surface area contributed by atoms with E-state index in [1.54, 1.807) is 0 Å². The number of hydrogen-bond acceptors (Lipinski definition) is 2. The molecule has 0 amide bonds. The molecule has 2 heterocycles. The third-order valence-electron chi connectivity index (χ3n) is 11.2. The highest BCUT2D eigenvalue weighted by Gasteiger charge is 2.22. The van der Waals surface area contributed by atoms with Crippen LogP contribution in [0.5, 0.6) is 0 Å². The van der Waals surface area contributed by atoms with E-state index >= 15 is 0 Å². The Kier molecular flexibility index (Phi) is 8.11. The van der Waals surface area contributed by atoms with E-state index in [9.17, 15) is 0 Å². The van der Waals surface area contributed by atoms with Gasteiger partial charge in [-0.05, 0) is 109 Å². The van der Waals surface area contributed by atoms with Crippen molar-refractivity contribution in [1.29, 1.82) is 0 Å². The number of para-hydroxylation sites is 6. The first-order valence-electron chi connectivity index (χ1n) is 19.8. The Hall–Kier alpha value is -7.82. The van der Waals surface area contributed by atoms with Gasteiger partial charge in [0.25, 0.3) is 0 Å². The predicted molar refractivity (Wildman–Crippen MR) is 244 cm³/mol. The minimum atomic E-state index is 1.07. The molecule has 0 unspecified atom stereocenters. The van der Waals surface area contributed by atoms with Crippen LogP contribution in [-0.4, -0.2) is 9.13 Å². The van der Waals surface area contributed by atoms with Crippen LogP contribution in [0.2, 0.25) is 0 Å². The van der Waals surface area contributed by atoms with Crippen molar-refractivity contribution in [2.45, 2.75) is 0 Å². The molecule has 0 N–H and O–H groups in total. The van der Waals surface area contributed by atoms with Crippen LogP contribution in [0.25, 0.3) is 55.0 Å². The smallest absolute Gasteiger partial charge is 0.0641 e. The topological polar surface area (TPSA) is 16.3 Å². The molecule has 0 saturated carbocycles. The molecule has 0 aliphatic carbocycles. The van der Waals surface area contributed by atoms with Crippen LogP contribution in [0.15, 0.2) is 231 Å². The van der Waals surface area contributed by atoms with Crippen molar-refractivity contribution in [3.05, 3.63) is 231 Å². The molecular weight excluding hydrogens is 705 g/mol. The van der Waals surface area contributed by atoms with Crippen molar-refractivity contribution in [2.24, 2.45) is 0 Å². The first kappa shape index (κ1) is 33.5. The van der Waals surface area contributed by atoms with E-state index in [-0.39, 0.29) is 0 Å². The summed E-state index contributed by atoms with van der Waals surface area (Å²) in [5.74, 6) is 0. The molecule has 11 rings (SSSR count). The summed E-state index contributed by atoms with van der Waals surface area (Å²) in [6.07, 6.45) is 0. The molecule has 58 heavy (non-hydrogen) atoms. The minimum absolute atomic E-state index is 1.07. The molecule has 4 heteroatoms. The molecule has 11 aromatic rings. The van der Waals surface area contributed by atoms with Gasteiger partial charge in [-0.15, -0.1) is 0 Å². The van der Waals surface area contributed by atoms with Gasteiger partial charge in [-0.25, -0.2) is 0 Å². The van der Waals surface area contributed by atoms with Gasteiger partial charge in [-0.3, -0.25) is 0 Å². The van der Waals surface area contributed by atoms with Gasteiger partial charge in [0.05, 0.1) is 22.1 Å². The normalized spacial score (nSPS) is 11.4. The number of aromatic nitrogens is 2. The van der Waals surface area contributed by atoms with Crippen LogP contribution >= 0.6 is 0 Å². The molecule has 0 bridgehead atoms. The van der Waals surface area contributed by atoms with Crippen molar-refractivity contribution in [2.75, 3.05) is 9.80 Å². The largest absolute Gasteiger partial charge is 0.310 e. The molecule has 0 saturated heterocycles. The Bertz CT molecular complexity index is 3170. The lowest BCUT2D eigenvalue weighted by molar-refractivity contribution is 1.17. The van der Waals surface area contributed by atoms with Gasteiger partial charge in [0.2, 0.25) is 0 Å². The number of hydrogen-bond donors (Lipinski definition) is 0. The lowest BCUT2D eigenvalue weighted by Gasteiger charge is -2.29. The standard InChI is InChI=1S/C54H38N4/c1-5-18-39(19-6-1)55(40-20-7-2-8-21-40)45-26-17-27-46(38-45)56(41-22-9-3-10-23-41)43-32-34-44(35-33-43)57-51-31-16-14-29-49(51)53-52(57)37-36-48-47-28-13-15-30-50(47)58(54(48)53)42-24-11-4-12-25-42/h1-38H. The van der Waals surface area contributed by atoms with E-state index in [4.69, 9.17) is 0 Å². The van der Waals surface area contributed by atoms with Crippen LogP contribution in [0.1, 0.15) is 0 Å². The Morgan fingerprint density at radius 1 is 0.259 bits per heavy atom. The Morgan fingerprint density at radius 3 is 1.26 bits per heavy atom. The average Bonchev–Trinajstić information content (AvgIpc) is 3.82. The van der Waals surface area contributed by atoms with Crippen molar-refractivity contribution in [3.63, 3.8) is 0 Å². The molecule has 0 atom stereocenters. The Morgan fingerprint density at radius 2 is 0.690 bits per heavy atom. The first-order chi connectivity index (χ1) is 28.8. The Labute approximate surface area is 337 Å². The highest BCUT2D eigenvalue weighted by atomic mass is 15.2. The lowest BCUT2D eigenvalue weighted by atomic mass is 10.1. The predicted octanol–water partition coefficient (Wildman–Crippen LogP) is 14.8. The van der Waals surface area contributed by atoms with Crippen LogP contribution in [0.3, 0.4) is 0 Å². The molecule has 0 fully saturated rings. The summed E-state index contributed by atoms with van der Waals surface area (Å²) >= 11 is 0. The Balaban J connectivity index is 1.07. The maximum Gasteiger partial charge on any atom is 0.0641 e. The third-order valence-corrected chi connectivity index (χ3v) is 11.2. The van der Waals surface area contributed by atoms with Crippen LogP contribution in [0, 0.1) is 0 Å². The minimum Gasteiger partial charge on any atom is -0.310 e. The van der Waals surface area contributed by atoms with E-state index < -0.39 is 0 Å². The molecule has 0 spiro atoms. The van der Waals surface area contributed by atoms with Crippen molar-refractivity contribution in [3.8, 4) is 11.4 Å². The highest BCUT2D eigenvalue weighted by Crippen LogP contribution is 2.44. The SMILES string of the molecule is c1ccc(N(c2ccccc2)c2cccc(N(c3ccccc3)c3ccc(-n4c5ccccc5c5c4ccc4c6ccccc6n(-c6ccccc6)c45)cc3)c2)cc1. The molecular formula is C54H38N4. The van der Waals surface area contributed by atoms with E-state index in [2.05, 4.69) is 249 Å². The maximum absolute atomic E-state index is 2.44. The van der Waals surface area contributed by atoms with E-state index in [1.165, 1.54) is 43.6 Å². The number of anilines is 6. The average molecular weight is 743 g/mol.